The van der Waals surface area contributed by atoms with Crippen LogP contribution >= 0.6 is 15.9 Å². The van der Waals surface area contributed by atoms with E-state index < -0.39 is 32.0 Å². The molecule has 0 bridgehead atoms. The first-order chi connectivity index (χ1) is 8.45. The summed E-state index contributed by atoms with van der Waals surface area (Å²) < 4.78 is 61.8. The molecule has 0 heterocycles. The molecule has 6 nitrogen and oxygen atoms in total. The molecule has 0 amide bonds. The molecule has 0 spiro atoms. The summed E-state index contributed by atoms with van der Waals surface area (Å²) in [5, 5.41) is 10.5. The van der Waals surface area contributed by atoms with Crippen molar-refractivity contribution in [2.24, 2.45) is 0 Å². The van der Waals surface area contributed by atoms with Crippen molar-refractivity contribution in [3.63, 3.8) is 0 Å². The predicted octanol–water partition coefficient (Wildman–Crippen LogP) is 2.89. The quantitative estimate of drug-likeness (QED) is 0.356. The van der Waals surface area contributed by atoms with E-state index in [0.717, 1.165) is 12.1 Å². The lowest BCUT2D eigenvalue weighted by atomic mass is 10.2. The second kappa shape index (κ2) is 4.96. The summed E-state index contributed by atoms with van der Waals surface area (Å²) in [6.07, 6.45) is 0. The molecule has 1 rings (SSSR count). The maximum Gasteiger partial charge on any atom is 0.534 e. The molecule has 0 saturated carbocycles. The highest BCUT2D eigenvalue weighted by atomic mass is 79.9. The molecular formula is C8H5BrF3NO5S. The van der Waals surface area contributed by atoms with E-state index >= 15 is 0 Å². The first-order valence-electron chi connectivity index (χ1n) is 4.41. The van der Waals surface area contributed by atoms with Crippen LogP contribution in [0, 0.1) is 17.0 Å². The van der Waals surface area contributed by atoms with Crippen molar-refractivity contribution in [2.75, 3.05) is 0 Å². The zero-order chi connectivity index (χ0) is 15.0. The van der Waals surface area contributed by atoms with Crippen molar-refractivity contribution in [1.29, 1.82) is 0 Å². The van der Waals surface area contributed by atoms with Gasteiger partial charge in [0.1, 0.15) is 0 Å². The second-order valence-electron chi connectivity index (χ2n) is 3.31. The van der Waals surface area contributed by atoms with Gasteiger partial charge in [0.25, 0.3) is 5.69 Å². The Balaban J connectivity index is 3.29. The number of non-ortho nitro benzene ring substituents is 1. The number of nitro benzene ring substituents is 1. The number of hydrogen-bond acceptors (Lipinski definition) is 5. The molecule has 0 aromatic heterocycles. The zero-order valence-electron chi connectivity index (χ0n) is 9.06. The first kappa shape index (κ1) is 15.7. The molecule has 106 valence electrons. The van der Waals surface area contributed by atoms with Gasteiger partial charge in [0.2, 0.25) is 0 Å². The van der Waals surface area contributed by atoms with E-state index in [9.17, 15) is 31.7 Å². The molecule has 0 aliphatic heterocycles. The van der Waals surface area contributed by atoms with Crippen LogP contribution in [0.2, 0.25) is 0 Å². The molecule has 0 unspecified atom stereocenters. The number of hydrogen-bond donors (Lipinski definition) is 0. The van der Waals surface area contributed by atoms with Crippen molar-refractivity contribution < 1.29 is 30.7 Å². The van der Waals surface area contributed by atoms with Gasteiger partial charge in [-0.2, -0.15) is 21.6 Å². The Morgan fingerprint density at radius 3 is 2.26 bits per heavy atom. The van der Waals surface area contributed by atoms with Gasteiger partial charge in [-0.1, -0.05) is 0 Å². The fourth-order valence-electron chi connectivity index (χ4n) is 1.08. The van der Waals surface area contributed by atoms with E-state index in [-0.39, 0.29) is 10.0 Å². The van der Waals surface area contributed by atoms with Crippen LogP contribution in [-0.4, -0.2) is 18.8 Å². The Kier molecular flexibility index (Phi) is 4.10. The average molecular weight is 364 g/mol. The van der Waals surface area contributed by atoms with E-state index in [1.807, 2.05) is 0 Å². The zero-order valence-corrected chi connectivity index (χ0v) is 11.5. The molecule has 0 aliphatic carbocycles. The maximum absolute atomic E-state index is 12.2. The summed E-state index contributed by atoms with van der Waals surface area (Å²) in [5.74, 6) is -0.650. The highest BCUT2D eigenvalue weighted by Gasteiger charge is 2.49. The number of nitrogens with zero attached hydrogens (tertiary/aromatic N) is 1. The monoisotopic (exact) mass is 363 g/mol. The summed E-state index contributed by atoms with van der Waals surface area (Å²) in [6, 6.07) is 1.74. The van der Waals surface area contributed by atoms with Crippen LogP contribution in [0.5, 0.6) is 5.75 Å². The van der Waals surface area contributed by atoms with Gasteiger partial charge in [-0.25, -0.2) is 0 Å². The molecular weight excluding hydrogens is 359 g/mol. The van der Waals surface area contributed by atoms with Crippen LogP contribution in [0.15, 0.2) is 16.6 Å². The number of alkyl halides is 3. The summed E-state index contributed by atoms with van der Waals surface area (Å²) in [5.41, 5.74) is -6.13. The highest BCUT2D eigenvalue weighted by molar-refractivity contribution is 9.10. The molecule has 0 N–H and O–H groups in total. The summed E-state index contributed by atoms with van der Waals surface area (Å²) in [6.45, 7) is 1.18. The van der Waals surface area contributed by atoms with Crippen LogP contribution < -0.4 is 4.18 Å². The third-order valence-electron chi connectivity index (χ3n) is 1.90. The molecule has 0 radical (unpaired) electrons. The number of aryl methyl sites for hydroxylation is 1. The lowest BCUT2D eigenvalue weighted by Gasteiger charge is -2.12. The smallest absolute Gasteiger partial charge is 0.375 e. The van der Waals surface area contributed by atoms with Crippen LogP contribution in [0.3, 0.4) is 0 Å². The molecule has 11 heteroatoms. The van der Waals surface area contributed by atoms with E-state index in [4.69, 9.17) is 0 Å². The second-order valence-corrected chi connectivity index (χ2v) is 5.71. The van der Waals surface area contributed by atoms with Crippen LogP contribution in [0.1, 0.15) is 5.56 Å². The van der Waals surface area contributed by atoms with Gasteiger partial charge in [-0.15, -0.1) is 0 Å². The number of nitro groups is 1. The standard InChI is InChI=1S/C8H5BrF3NO5S/c1-4-2-5(13(14)15)3-6(9)7(4)18-19(16,17)8(10,11)12/h2-3H,1H3. The maximum atomic E-state index is 12.2. The van der Waals surface area contributed by atoms with E-state index in [0.29, 0.717) is 0 Å². The minimum atomic E-state index is -5.83. The number of benzene rings is 1. The first-order valence-corrected chi connectivity index (χ1v) is 6.61. The van der Waals surface area contributed by atoms with Gasteiger partial charge in [0, 0.05) is 17.7 Å². The Bertz CT molecular complexity index is 605. The molecule has 1 aromatic carbocycles. The Morgan fingerprint density at radius 2 is 1.89 bits per heavy atom. The third kappa shape index (κ3) is 3.35. The van der Waals surface area contributed by atoms with Crippen LogP contribution in [-0.2, 0) is 10.1 Å². The molecule has 0 aliphatic rings. The molecule has 0 atom stereocenters. The molecule has 19 heavy (non-hydrogen) atoms. The van der Waals surface area contributed by atoms with Gasteiger partial charge in [-0.3, -0.25) is 10.1 Å². The van der Waals surface area contributed by atoms with Crippen molar-refractivity contribution in [3.05, 3.63) is 32.3 Å². The number of rotatable bonds is 3. The Labute approximate surface area is 113 Å². The molecule has 0 fully saturated rings. The van der Waals surface area contributed by atoms with Crippen LogP contribution in [0.4, 0.5) is 18.9 Å². The van der Waals surface area contributed by atoms with E-state index in [1.165, 1.54) is 6.92 Å². The Morgan fingerprint density at radius 1 is 1.37 bits per heavy atom. The predicted molar refractivity (Wildman–Crippen MR) is 61.1 cm³/mol. The molecule has 0 saturated heterocycles. The third-order valence-corrected chi connectivity index (χ3v) is 3.44. The van der Waals surface area contributed by atoms with Gasteiger partial charge >= 0.3 is 15.6 Å². The SMILES string of the molecule is Cc1cc([N+](=O)[O-])cc(Br)c1OS(=O)(=O)C(F)(F)F. The highest BCUT2D eigenvalue weighted by Crippen LogP contribution is 2.36. The van der Waals surface area contributed by atoms with Gasteiger partial charge < -0.3 is 4.18 Å². The van der Waals surface area contributed by atoms with Gasteiger partial charge in [0.05, 0.1) is 9.40 Å². The molecule has 1 aromatic rings. The lowest BCUT2D eigenvalue weighted by Crippen LogP contribution is -2.28. The number of halogens is 4. The average Bonchev–Trinajstić information content (AvgIpc) is 2.21. The summed E-state index contributed by atoms with van der Waals surface area (Å²) in [4.78, 5) is 9.73. The van der Waals surface area contributed by atoms with E-state index in [2.05, 4.69) is 20.1 Å². The normalized spacial score (nSPS) is 12.3. The van der Waals surface area contributed by atoms with Crippen molar-refractivity contribution in [1.82, 2.24) is 0 Å². The topological polar surface area (TPSA) is 86.5 Å². The van der Waals surface area contributed by atoms with E-state index in [1.54, 1.807) is 0 Å². The largest absolute Gasteiger partial charge is 0.534 e. The van der Waals surface area contributed by atoms with Crippen molar-refractivity contribution >= 4 is 31.7 Å². The Hall–Kier alpha value is -1.36. The minimum Gasteiger partial charge on any atom is -0.375 e. The minimum absolute atomic E-state index is 0.131. The van der Waals surface area contributed by atoms with Gasteiger partial charge in [-0.05, 0) is 22.9 Å². The fraction of sp³-hybridized carbons (Fsp3) is 0.250. The van der Waals surface area contributed by atoms with Crippen LogP contribution in [0.25, 0.3) is 0 Å². The summed E-state index contributed by atoms with van der Waals surface area (Å²) >= 11 is 2.72. The van der Waals surface area contributed by atoms with Crippen molar-refractivity contribution in [3.8, 4) is 5.75 Å². The fourth-order valence-corrected chi connectivity index (χ4v) is 2.35. The van der Waals surface area contributed by atoms with Gasteiger partial charge in [0.15, 0.2) is 5.75 Å². The van der Waals surface area contributed by atoms with Crippen molar-refractivity contribution in [2.45, 2.75) is 12.4 Å². The lowest BCUT2D eigenvalue weighted by molar-refractivity contribution is -0.385. The summed E-state index contributed by atoms with van der Waals surface area (Å²) in [7, 11) is -5.83.